The Bertz CT molecular complexity index is 1270. The second kappa shape index (κ2) is 10.1. The van der Waals surface area contributed by atoms with Crippen molar-refractivity contribution in [3.63, 3.8) is 0 Å². The monoisotopic (exact) mass is 512 g/mol. The molecule has 2 aromatic heterocycles. The molecule has 0 radical (unpaired) electrons. The van der Waals surface area contributed by atoms with Crippen LogP contribution in [0.25, 0.3) is 10.8 Å². The Hall–Kier alpha value is -3.68. The second-order valence-corrected chi connectivity index (χ2v) is 8.11. The summed E-state index contributed by atoms with van der Waals surface area (Å²) in [6.45, 7) is -0.0477. The predicted molar refractivity (Wildman–Crippen MR) is 118 cm³/mol. The standard InChI is InChI=1S/C22H21F5N6O3/c23-21(24,17-3-1-2-15-16(17)12-30-31-19(15)35)13-36-9-4-18(34)32-5-7-33(8-6-32)20-28-10-14(11-29-20)22(25,26)27/h1-3,10-12H,4-9,13H2,(H,31,35). The number of aromatic amines is 1. The smallest absolute Gasteiger partial charge is 0.374 e. The number of alkyl halides is 5. The number of hydrogen-bond acceptors (Lipinski definition) is 7. The van der Waals surface area contributed by atoms with Gasteiger partial charge in [-0.2, -0.15) is 27.1 Å². The van der Waals surface area contributed by atoms with Gasteiger partial charge in [0.25, 0.3) is 11.5 Å². The third kappa shape index (κ3) is 5.58. The Kier molecular flexibility index (Phi) is 7.15. The number of carbonyl (C=O) groups is 1. The van der Waals surface area contributed by atoms with Crippen molar-refractivity contribution in [3.05, 3.63) is 58.3 Å². The Morgan fingerprint density at radius 2 is 1.69 bits per heavy atom. The van der Waals surface area contributed by atoms with Crippen LogP contribution in [-0.2, 0) is 21.6 Å². The summed E-state index contributed by atoms with van der Waals surface area (Å²) in [6.07, 6.45) is -2.08. The fourth-order valence-electron chi connectivity index (χ4n) is 3.82. The van der Waals surface area contributed by atoms with Crippen LogP contribution in [0.4, 0.5) is 27.9 Å². The van der Waals surface area contributed by atoms with Crippen molar-refractivity contribution in [2.75, 3.05) is 44.3 Å². The number of hydrogen-bond donors (Lipinski definition) is 1. The summed E-state index contributed by atoms with van der Waals surface area (Å²) >= 11 is 0. The topological polar surface area (TPSA) is 104 Å². The van der Waals surface area contributed by atoms with Gasteiger partial charge in [0, 0.05) is 49.5 Å². The first-order valence-corrected chi connectivity index (χ1v) is 10.9. The quantitative estimate of drug-likeness (QED) is 0.383. The average Bonchev–Trinajstić information content (AvgIpc) is 2.86. The average molecular weight is 512 g/mol. The summed E-state index contributed by atoms with van der Waals surface area (Å²) in [5, 5.41) is 5.87. The maximum Gasteiger partial charge on any atom is 0.419 e. The fraction of sp³-hybridized carbons (Fsp3) is 0.409. The number of nitrogens with zero attached hydrogens (tertiary/aromatic N) is 5. The molecule has 0 spiro atoms. The predicted octanol–water partition coefficient (Wildman–Crippen LogP) is 2.58. The first-order chi connectivity index (χ1) is 17.1. The Balaban J connectivity index is 1.25. The van der Waals surface area contributed by atoms with Crippen LogP contribution in [0.5, 0.6) is 0 Å². The maximum atomic E-state index is 14.8. The van der Waals surface area contributed by atoms with Crippen LogP contribution in [0.1, 0.15) is 17.5 Å². The van der Waals surface area contributed by atoms with Gasteiger partial charge in [-0.05, 0) is 6.07 Å². The van der Waals surface area contributed by atoms with E-state index < -0.39 is 35.4 Å². The van der Waals surface area contributed by atoms with Gasteiger partial charge in [0.05, 0.1) is 30.2 Å². The molecule has 1 fully saturated rings. The van der Waals surface area contributed by atoms with E-state index in [4.69, 9.17) is 4.74 Å². The van der Waals surface area contributed by atoms with Gasteiger partial charge in [0.2, 0.25) is 11.9 Å². The number of nitrogens with one attached hydrogen (secondary N) is 1. The number of H-pyrrole nitrogens is 1. The van der Waals surface area contributed by atoms with Gasteiger partial charge in [-0.3, -0.25) is 9.59 Å². The molecule has 4 rings (SSSR count). The highest BCUT2D eigenvalue weighted by molar-refractivity contribution is 5.84. The summed E-state index contributed by atoms with van der Waals surface area (Å²) < 4.78 is 72.6. The number of benzene rings is 1. The number of carbonyl (C=O) groups excluding carboxylic acids is 1. The number of aromatic nitrogens is 4. The lowest BCUT2D eigenvalue weighted by Crippen LogP contribution is -2.49. The molecule has 1 aromatic carbocycles. The number of piperazine rings is 1. The Morgan fingerprint density at radius 3 is 2.36 bits per heavy atom. The van der Waals surface area contributed by atoms with Crippen LogP contribution >= 0.6 is 0 Å². The minimum Gasteiger partial charge on any atom is -0.374 e. The second-order valence-electron chi connectivity index (χ2n) is 8.11. The van der Waals surface area contributed by atoms with Crippen molar-refractivity contribution in [2.24, 2.45) is 0 Å². The number of fused-ring (bicyclic) bond motifs is 1. The zero-order valence-corrected chi connectivity index (χ0v) is 18.8. The third-order valence-electron chi connectivity index (χ3n) is 5.73. The first-order valence-electron chi connectivity index (χ1n) is 10.9. The van der Waals surface area contributed by atoms with E-state index in [0.29, 0.717) is 25.5 Å². The van der Waals surface area contributed by atoms with Gasteiger partial charge in [-0.1, -0.05) is 12.1 Å². The van der Waals surface area contributed by atoms with Crippen LogP contribution in [0.15, 0.2) is 41.6 Å². The minimum atomic E-state index is -4.53. The fourth-order valence-corrected chi connectivity index (χ4v) is 3.82. The zero-order valence-electron chi connectivity index (χ0n) is 18.8. The molecule has 0 atom stereocenters. The zero-order chi connectivity index (χ0) is 25.9. The SMILES string of the molecule is O=C(CCOCC(F)(F)c1cccc2c(=O)[nH]ncc12)N1CCN(c2ncc(C(F)(F)F)cn2)CC1. The summed E-state index contributed by atoms with van der Waals surface area (Å²) in [6, 6.07) is 3.95. The van der Waals surface area contributed by atoms with E-state index in [2.05, 4.69) is 20.2 Å². The summed E-state index contributed by atoms with van der Waals surface area (Å²) in [5.41, 5.74) is -1.93. The number of rotatable bonds is 7. The largest absolute Gasteiger partial charge is 0.419 e. The van der Waals surface area contributed by atoms with E-state index >= 15 is 0 Å². The normalized spacial score (nSPS) is 14.9. The minimum absolute atomic E-state index is 0.0147. The van der Waals surface area contributed by atoms with Crippen LogP contribution in [0, 0.1) is 0 Å². The molecule has 1 aliphatic heterocycles. The van der Waals surface area contributed by atoms with Crippen molar-refractivity contribution < 1.29 is 31.5 Å². The molecule has 1 aliphatic rings. The Morgan fingerprint density at radius 1 is 1.00 bits per heavy atom. The van der Waals surface area contributed by atoms with E-state index in [1.807, 2.05) is 0 Å². The van der Waals surface area contributed by atoms with Gasteiger partial charge in [-0.15, -0.1) is 0 Å². The molecule has 1 N–H and O–H groups in total. The molecule has 0 bridgehead atoms. The van der Waals surface area contributed by atoms with Crippen LogP contribution in [0.2, 0.25) is 0 Å². The third-order valence-corrected chi connectivity index (χ3v) is 5.73. The van der Waals surface area contributed by atoms with E-state index in [0.717, 1.165) is 6.20 Å². The molecule has 3 aromatic rings. The molecule has 0 unspecified atom stereocenters. The molecule has 0 saturated carbocycles. The highest BCUT2D eigenvalue weighted by Crippen LogP contribution is 2.33. The van der Waals surface area contributed by atoms with E-state index in [-0.39, 0.29) is 48.7 Å². The molecule has 1 saturated heterocycles. The molecule has 1 amide bonds. The summed E-state index contributed by atoms with van der Waals surface area (Å²) in [5.74, 6) is -3.58. The molecule has 9 nitrogen and oxygen atoms in total. The van der Waals surface area contributed by atoms with Gasteiger partial charge in [0.1, 0.15) is 6.61 Å². The van der Waals surface area contributed by atoms with Crippen molar-refractivity contribution in [1.29, 1.82) is 0 Å². The van der Waals surface area contributed by atoms with Gasteiger partial charge in [-0.25, -0.2) is 15.1 Å². The highest BCUT2D eigenvalue weighted by Gasteiger charge is 2.34. The molecule has 14 heteroatoms. The van der Waals surface area contributed by atoms with E-state index in [1.165, 1.54) is 23.1 Å². The molecule has 192 valence electrons. The molecule has 0 aliphatic carbocycles. The van der Waals surface area contributed by atoms with Crippen molar-refractivity contribution in [1.82, 2.24) is 25.1 Å². The van der Waals surface area contributed by atoms with Gasteiger partial charge < -0.3 is 14.5 Å². The molecule has 3 heterocycles. The summed E-state index contributed by atoms with van der Waals surface area (Å²) in [4.78, 5) is 34.9. The maximum absolute atomic E-state index is 14.8. The van der Waals surface area contributed by atoms with Gasteiger partial charge in [0.15, 0.2) is 0 Å². The Labute approximate surface area is 200 Å². The number of anilines is 1. The number of halogens is 5. The van der Waals surface area contributed by atoms with E-state index in [1.54, 1.807) is 4.90 Å². The molecular weight excluding hydrogens is 491 g/mol. The van der Waals surface area contributed by atoms with Crippen LogP contribution in [0.3, 0.4) is 0 Å². The summed E-state index contributed by atoms with van der Waals surface area (Å²) in [7, 11) is 0. The molecule has 36 heavy (non-hydrogen) atoms. The van der Waals surface area contributed by atoms with Crippen molar-refractivity contribution >= 4 is 22.6 Å². The number of ether oxygens (including phenoxy) is 1. The molecular formula is C22H21F5N6O3. The van der Waals surface area contributed by atoms with Gasteiger partial charge >= 0.3 is 6.18 Å². The first kappa shape index (κ1) is 25.4. The van der Waals surface area contributed by atoms with Crippen LogP contribution in [-0.4, -0.2) is 70.4 Å². The van der Waals surface area contributed by atoms with Crippen molar-refractivity contribution in [3.8, 4) is 0 Å². The van der Waals surface area contributed by atoms with Crippen molar-refractivity contribution in [2.45, 2.75) is 18.5 Å². The lowest BCUT2D eigenvalue weighted by molar-refractivity contribution is -0.138. The number of amides is 1. The lowest BCUT2D eigenvalue weighted by atomic mass is 10.0. The highest BCUT2D eigenvalue weighted by atomic mass is 19.4. The lowest BCUT2D eigenvalue weighted by Gasteiger charge is -2.34. The van der Waals surface area contributed by atoms with E-state index in [9.17, 15) is 31.5 Å². The van der Waals surface area contributed by atoms with Crippen LogP contribution < -0.4 is 10.5 Å².